The molecule has 0 bridgehead atoms. The smallest absolute Gasteiger partial charge is 0.463 e. The quantitative estimate of drug-likeness (QED) is 0.0244. The number of hydrogen-bond donors (Lipinski definition) is 3. The fourth-order valence-corrected chi connectivity index (χ4v) is 5.90. The summed E-state index contributed by atoms with van der Waals surface area (Å²) in [5, 5.41) is 12.7. The van der Waals surface area contributed by atoms with E-state index in [4.69, 9.17) is 13.8 Å². The van der Waals surface area contributed by atoms with E-state index in [2.05, 4.69) is 104 Å². The lowest BCUT2D eigenvalue weighted by atomic mass is 10.1. The van der Waals surface area contributed by atoms with E-state index in [9.17, 15) is 24.2 Å². The lowest BCUT2D eigenvalue weighted by molar-refractivity contribution is -0.147. The van der Waals surface area contributed by atoms with Gasteiger partial charge in [-0.3, -0.25) is 18.6 Å². The van der Waals surface area contributed by atoms with Crippen LogP contribution in [0.1, 0.15) is 155 Å². The summed E-state index contributed by atoms with van der Waals surface area (Å²) in [6.45, 7) is 3.32. The number of phosphoric acid groups is 1. The number of aliphatic hydroxyl groups excluding tert-OH is 1. The zero-order chi connectivity index (χ0) is 40.3. The van der Waals surface area contributed by atoms with Gasteiger partial charge in [-0.05, 0) is 89.9 Å². The van der Waals surface area contributed by atoms with Crippen LogP contribution in [0.4, 0.5) is 0 Å². The van der Waals surface area contributed by atoms with E-state index in [0.717, 1.165) is 96.3 Å². The van der Waals surface area contributed by atoms with E-state index in [1.165, 1.54) is 25.7 Å². The van der Waals surface area contributed by atoms with Gasteiger partial charge < -0.3 is 20.1 Å². The molecule has 0 radical (unpaired) electrons. The van der Waals surface area contributed by atoms with E-state index in [0.29, 0.717) is 12.8 Å². The molecule has 3 N–H and O–H groups in total. The van der Waals surface area contributed by atoms with Crippen molar-refractivity contribution in [1.82, 2.24) is 5.32 Å². The number of esters is 1. The minimum atomic E-state index is -4.43. The van der Waals surface area contributed by atoms with Gasteiger partial charge in [-0.2, -0.15) is 0 Å². The average molecular weight is 790 g/mol. The minimum Gasteiger partial charge on any atom is -0.463 e. The van der Waals surface area contributed by atoms with Crippen molar-refractivity contribution in [1.29, 1.82) is 0 Å². The van der Waals surface area contributed by atoms with E-state index in [1.54, 1.807) is 0 Å². The highest BCUT2D eigenvalue weighted by molar-refractivity contribution is 7.47. The summed E-state index contributed by atoms with van der Waals surface area (Å²) in [4.78, 5) is 33.8. The number of hydrogen-bond acceptors (Lipinski definition) is 7. The molecule has 0 aromatic rings. The first kappa shape index (κ1) is 52.2. The minimum absolute atomic E-state index is 0.0623. The maximum Gasteiger partial charge on any atom is 0.472 e. The van der Waals surface area contributed by atoms with Gasteiger partial charge in [0.25, 0.3) is 0 Å². The molecule has 0 fully saturated rings. The van der Waals surface area contributed by atoms with Crippen LogP contribution in [-0.2, 0) is 27.9 Å². The second-order valence-corrected chi connectivity index (χ2v) is 15.0. The van der Waals surface area contributed by atoms with Crippen LogP contribution in [0.25, 0.3) is 0 Å². The van der Waals surface area contributed by atoms with Crippen molar-refractivity contribution in [3.8, 4) is 0 Å². The number of unbranched alkanes of at least 4 members (excludes halogenated alkanes) is 11. The Labute approximate surface area is 334 Å². The van der Waals surface area contributed by atoms with Gasteiger partial charge in [0.2, 0.25) is 5.91 Å². The van der Waals surface area contributed by atoms with Crippen molar-refractivity contribution >= 4 is 19.7 Å². The highest BCUT2D eigenvalue weighted by Gasteiger charge is 2.23. The lowest BCUT2D eigenvalue weighted by Crippen LogP contribution is -2.27. The number of aliphatic hydroxyl groups is 1. The molecule has 0 aromatic carbocycles. The topological polar surface area (TPSA) is 131 Å². The molecule has 0 aromatic heterocycles. The third-order valence-corrected chi connectivity index (χ3v) is 9.29. The van der Waals surface area contributed by atoms with Gasteiger partial charge in [-0.15, -0.1) is 0 Å². The summed E-state index contributed by atoms with van der Waals surface area (Å²) in [7, 11) is -4.43. The number of nitrogens with one attached hydrogen (secondary N) is 1. The van der Waals surface area contributed by atoms with Crippen LogP contribution in [-0.4, -0.2) is 54.3 Å². The van der Waals surface area contributed by atoms with Gasteiger partial charge >= 0.3 is 13.8 Å². The second-order valence-electron chi connectivity index (χ2n) is 13.6. The van der Waals surface area contributed by atoms with E-state index in [-0.39, 0.29) is 32.1 Å². The Balaban J connectivity index is 3.69. The van der Waals surface area contributed by atoms with Crippen LogP contribution in [0.15, 0.2) is 85.1 Å². The summed E-state index contributed by atoms with van der Waals surface area (Å²) in [6, 6.07) is 0. The van der Waals surface area contributed by atoms with Crippen molar-refractivity contribution in [2.45, 2.75) is 161 Å². The lowest BCUT2D eigenvalue weighted by Gasteiger charge is -2.15. The number of rotatable bonds is 38. The fraction of sp³-hybridized carbons (Fsp3) is 0.644. The number of phosphoric ester groups is 1. The number of amides is 1. The highest BCUT2D eigenvalue weighted by atomic mass is 31.2. The number of carbonyl (C=O) groups excluding carboxylic acids is 2. The molecule has 0 spiro atoms. The Morgan fingerprint density at radius 2 is 1.04 bits per heavy atom. The van der Waals surface area contributed by atoms with Gasteiger partial charge in [0, 0.05) is 19.4 Å². The Morgan fingerprint density at radius 3 is 1.58 bits per heavy atom. The first-order chi connectivity index (χ1) is 26.8. The van der Waals surface area contributed by atoms with Crippen molar-refractivity contribution in [2.24, 2.45) is 0 Å². The van der Waals surface area contributed by atoms with Gasteiger partial charge in [0.1, 0.15) is 12.7 Å². The maximum atomic E-state index is 12.1. The Hall–Kier alpha value is -2.81. The molecule has 314 valence electrons. The molecule has 9 nitrogen and oxygen atoms in total. The van der Waals surface area contributed by atoms with Gasteiger partial charge in [-0.1, -0.05) is 137 Å². The normalized spacial score (nSPS) is 14.2. The summed E-state index contributed by atoms with van der Waals surface area (Å²) < 4.78 is 26.8. The summed E-state index contributed by atoms with van der Waals surface area (Å²) in [5.74, 6) is -0.573. The van der Waals surface area contributed by atoms with Crippen molar-refractivity contribution in [3.63, 3.8) is 0 Å². The highest BCUT2D eigenvalue weighted by Crippen LogP contribution is 2.42. The first-order valence-corrected chi connectivity index (χ1v) is 22.6. The average Bonchev–Trinajstić information content (AvgIpc) is 3.17. The molecule has 0 aliphatic heterocycles. The molecule has 10 heteroatoms. The Kier molecular flexibility index (Phi) is 38.8. The summed E-state index contributed by atoms with van der Waals surface area (Å²) in [5.41, 5.74) is 0. The third kappa shape index (κ3) is 42.2. The van der Waals surface area contributed by atoms with E-state index in [1.807, 2.05) is 0 Å². The molecule has 0 aliphatic carbocycles. The third-order valence-electron chi connectivity index (χ3n) is 8.31. The largest absolute Gasteiger partial charge is 0.472 e. The van der Waals surface area contributed by atoms with Crippen LogP contribution in [0.3, 0.4) is 0 Å². The number of allylic oxidation sites excluding steroid dienone is 14. The molecule has 0 heterocycles. The van der Waals surface area contributed by atoms with Crippen molar-refractivity contribution < 1.29 is 37.9 Å². The molecule has 55 heavy (non-hydrogen) atoms. The van der Waals surface area contributed by atoms with Crippen LogP contribution in [0, 0.1) is 0 Å². The Bertz CT molecular complexity index is 1170. The van der Waals surface area contributed by atoms with Crippen molar-refractivity contribution in [3.05, 3.63) is 85.1 Å². The zero-order valence-electron chi connectivity index (χ0n) is 34.3. The molecule has 0 saturated carbocycles. The summed E-state index contributed by atoms with van der Waals surface area (Å²) in [6.07, 6.45) is 50.9. The van der Waals surface area contributed by atoms with Crippen LogP contribution >= 0.6 is 7.82 Å². The Morgan fingerprint density at radius 1 is 0.582 bits per heavy atom. The zero-order valence-corrected chi connectivity index (χ0v) is 35.2. The predicted octanol–water partition coefficient (Wildman–Crippen LogP) is 11.7. The molecule has 0 aliphatic rings. The molecular weight excluding hydrogens is 713 g/mol. The standard InChI is InChI=1S/C45H76NO8P/c1-3-5-7-9-11-13-15-17-18-19-20-21-22-23-24-26-27-29-31-33-35-37-44(48)46-39-40-53-55(50,51)54-42-43(47)41-52-45(49)38-36-34-32-30-28-25-16-14-12-10-8-6-4-2/h6,8,11-14,17-18,20-21,23-25,28,43,47H,3-5,7,9-10,15-16,19,22,26-27,29-42H2,1-2H3,(H,46,48)(H,50,51)/b8-6-,13-11-,14-12-,18-17-,21-20-,24-23-,28-25-. The SMILES string of the molecule is CC/C=C\C/C=C\C/C=C\CCCCCC(=O)OCC(O)COP(=O)(O)OCCNC(=O)CCCCCCC/C=C\C/C=C\C/C=C\C/C=C\CCCCC. The first-order valence-electron chi connectivity index (χ1n) is 21.1. The van der Waals surface area contributed by atoms with Crippen LogP contribution in [0.2, 0.25) is 0 Å². The van der Waals surface area contributed by atoms with Gasteiger partial charge in [0.15, 0.2) is 0 Å². The van der Waals surface area contributed by atoms with Crippen LogP contribution < -0.4 is 5.32 Å². The molecule has 2 unspecified atom stereocenters. The van der Waals surface area contributed by atoms with Gasteiger partial charge in [-0.25, -0.2) is 4.57 Å². The number of ether oxygens (including phenoxy) is 1. The summed E-state index contributed by atoms with van der Waals surface area (Å²) >= 11 is 0. The van der Waals surface area contributed by atoms with Crippen molar-refractivity contribution in [2.75, 3.05) is 26.4 Å². The molecule has 1 amide bonds. The monoisotopic (exact) mass is 790 g/mol. The molecule has 0 rings (SSSR count). The second kappa shape index (κ2) is 40.8. The fourth-order valence-electron chi connectivity index (χ4n) is 5.14. The predicted molar refractivity (Wildman–Crippen MR) is 229 cm³/mol. The maximum absolute atomic E-state index is 12.1. The van der Waals surface area contributed by atoms with Crippen LogP contribution in [0.5, 0.6) is 0 Å². The van der Waals surface area contributed by atoms with Gasteiger partial charge in [0.05, 0.1) is 13.2 Å². The molecular formula is C45H76NO8P. The molecule has 2 atom stereocenters. The van der Waals surface area contributed by atoms with E-state index < -0.39 is 26.5 Å². The van der Waals surface area contributed by atoms with E-state index >= 15 is 0 Å². The molecule has 0 saturated heterocycles. The number of carbonyl (C=O) groups is 2.